The maximum Gasteiger partial charge on any atom is 0.155 e. The zero-order valence-corrected chi connectivity index (χ0v) is 12.5. The van der Waals surface area contributed by atoms with Gasteiger partial charge in [-0.25, -0.2) is 0 Å². The van der Waals surface area contributed by atoms with Crippen molar-refractivity contribution in [2.45, 2.75) is 78.6 Å². The molecule has 1 aliphatic rings. The Labute approximate surface area is 113 Å². The van der Waals surface area contributed by atoms with Crippen molar-refractivity contribution >= 4 is 5.78 Å². The van der Waals surface area contributed by atoms with Crippen LogP contribution in [0, 0.1) is 11.8 Å². The number of carbonyl (C=O) groups excluding carboxylic acids is 1. The van der Waals surface area contributed by atoms with Crippen molar-refractivity contribution in [3.05, 3.63) is 11.6 Å². The highest BCUT2D eigenvalue weighted by molar-refractivity contribution is 5.91. The molecule has 18 heavy (non-hydrogen) atoms. The van der Waals surface area contributed by atoms with E-state index in [1.807, 2.05) is 6.08 Å². The number of carbonyl (C=O) groups is 1. The molecular formula is C17H30O. The van der Waals surface area contributed by atoms with Crippen LogP contribution in [0.1, 0.15) is 78.6 Å². The van der Waals surface area contributed by atoms with Crippen LogP contribution in [0.3, 0.4) is 0 Å². The van der Waals surface area contributed by atoms with Gasteiger partial charge in [-0.3, -0.25) is 4.79 Å². The first kappa shape index (κ1) is 15.5. The molecule has 0 fully saturated rings. The topological polar surface area (TPSA) is 17.1 Å². The van der Waals surface area contributed by atoms with Crippen LogP contribution < -0.4 is 0 Å². The van der Waals surface area contributed by atoms with Crippen LogP contribution in [0.25, 0.3) is 0 Å². The van der Waals surface area contributed by atoms with E-state index in [9.17, 15) is 4.79 Å². The molecule has 1 aliphatic carbocycles. The van der Waals surface area contributed by atoms with Gasteiger partial charge in [0, 0.05) is 6.42 Å². The van der Waals surface area contributed by atoms with Crippen molar-refractivity contribution in [1.29, 1.82) is 0 Å². The second kappa shape index (κ2) is 8.50. The molecule has 0 bridgehead atoms. The zero-order valence-electron chi connectivity index (χ0n) is 12.5. The van der Waals surface area contributed by atoms with Crippen molar-refractivity contribution in [1.82, 2.24) is 0 Å². The molecule has 1 heteroatoms. The SMILES string of the molecule is CCC(C)CCCC(CC)CC1=CC(=O)CCC1. The fraction of sp³-hybridized carbons (Fsp3) is 0.824. The molecule has 0 aromatic carbocycles. The van der Waals surface area contributed by atoms with Gasteiger partial charge in [-0.1, -0.05) is 58.4 Å². The molecule has 104 valence electrons. The maximum atomic E-state index is 11.4. The van der Waals surface area contributed by atoms with Crippen LogP contribution in [0.15, 0.2) is 11.6 Å². The third-order valence-corrected chi connectivity index (χ3v) is 4.42. The predicted molar refractivity (Wildman–Crippen MR) is 78.6 cm³/mol. The Morgan fingerprint density at radius 1 is 1.17 bits per heavy atom. The predicted octanol–water partition coefficient (Wildman–Crippen LogP) is 5.30. The van der Waals surface area contributed by atoms with Gasteiger partial charge in [0.1, 0.15) is 0 Å². The van der Waals surface area contributed by atoms with Crippen LogP contribution in [0.4, 0.5) is 0 Å². The van der Waals surface area contributed by atoms with E-state index in [1.54, 1.807) is 0 Å². The molecule has 1 nitrogen and oxygen atoms in total. The van der Waals surface area contributed by atoms with E-state index in [1.165, 1.54) is 44.1 Å². The average Bonchev–Trinajstić information content (AvgIpc) is 2.37. The van der Waals surface area contributed by atoms with Gasteiger partial charge in [-0.15, -0.1) is 0 Å². The zero-order chi connectivity index (χ0) is 13.4. The smallest absolute Gasteiger partial charge is 0.155 e. The summed E-state index contributed by atoms with van der Waals surface area (Å²) < 4.78 is 0. The average molecular weight is 250 g/mol. The Kier molecular flexibility index (Phi) is 7.31. The quantitative estimate of drug-likeness (QED) is 0.571. The highest BCUT2D eigenvalue weighted by atomic mass is 16.1. The highest BCUT2D eigenvalue weighted by Gasteiger charge is 2.14. The molecule has 0 amide bonds. The second-order valence-corrected chi connectivity index (χ2v) is 6.05. The van der Waals surface area contributed by atoms with Crippen molar-refractivity contribution in [2.75, 3.05) is 0 Å². The van der Waals surface area contributed by atoms with Crippen molar-refractivity contribution in [2.24, 2.45) is 11.8 Å². The number of rotatable bonds is 8. The van der Waals surface area contributed by atoms with E-state index in [0.717, 1.165) is 31.1 Å². The lowest BCUT2D eigenvalue weighted by Gasteiger charge is -2.19. The lowest BCUT2D eigenvalue weighted by atomic mass is 9.86. The van der Waals surface area contributed by atoms with E-state index in [4.69, 9.17) is 0 Å². The largest absolute Gasteiger partial charge is 0.295 e. The monoisotopic (exact) mass is 250 g/mol. The summed E-state index contributed by atoms with van der Waals surface area (Å²) in [5, 5.41) is 0. The standard InChI is InChI=1S/C17H30O/c1-4-14(3)8-6-9-15(5-2)12-16-10-7-11-17(18)13-16/h13-15H,4-12H2,1-3H3. The summed E-state index contributed by atoms with van der Waals surface area (Å²) in [6.07, 6.45) is 12.7. The molecule has 0 aliphatic heterocycles. The fourth-order valence-corrected chi connectivity index (χ4v) is 2.80. The summed E-state index contributed by atoms with van der Waals surface area (Å²) in [6.45, 7) is 6.92. The van der Waals surface area contributed by atoms with Crippen molar-refractivity contribution in [3.63, 3.8) is 0 Å². The summed E-state index contributed by atoms with van der Waals surface area (Å²) >= 11 is 0. The number of ketones is 1. The molecular weight excluding hydrogens is 220 g/mol. The molecule has 0 heterocycles. The highest BCUT2D eigenvalue weighted by Crippen LogP contribution is 2.27. The fourth-order valence-electron chi connectivity index (χ4n) is 2.80. The third-order valence-electron chi connectivity index (χ3n) is 4.42. The second-order valence-electron chi connectivity index (χ2n) is 6.05. The van der Waals surface area contributed by atoms with E-state index >= 15 is 0 Å². The molecule has 2 unspecified atom stereocenters. The van der Waals surface area contributed by atoms with E-state index in [-0.39, 0.29) is 0 Å². The van der Waals surface area contributed by atoms with Crippen LogP contribution in [-0.4, -0.2) is 5.78 Å². The normalized spacial score (nSPS) is 19.5. The molecule has 0 N–H and O–H groups in total. The Morgan fingerprint density at radius 2 is 1.94 bits per heavy atom. The number of allylic oxidation sites excluding steroid dienone is 2. The number of hydrogen-bond donors (Lipinski definition) is 0. The molecule has 1 rings (SSSR count). The molecule has 0 aromatic heterocycles. The lowest BCUT2D eigenvalue weighted by Crippen LogP contribution is -2.08. The van der Waals surface area contributed by atoms with Gasteiger partial charge in [-0.05, 0) is 37.2 Å². The Hall–Kier alpha value is -0.590. The molecule has 2 atom stereocenters. The van der Waals surface area contributed by atoms with Crippen LogP contribution in [-0.2, 0) is 4.79 Å². The summed E-state index contributed by atoms with van der Waals surface area (Å²) in [5.74, 6) is 2.02. The van der Waals surface area contributed by atoms with Crippen LogP contribution >= 0.6 is 0 Å². The van der Waals surface area contributed by atoms with E-state index in [2.05, 4.69) is 20.8 Å². The summed E-state index contributed by atoms with van der Waals surface area (Å²) in [5.41, 5.74) is 1.42. The van der Waals surface area contributed by atoms with Crippen molar-refractivity contribution < 1.29 is 4.79 Å². The third kappa shape index (κ3) is 5.84. The first-order chi connectivity index (χ1) is 8.65. The van der Waals surface area contributed by atoms with E-state index < -0.39 is 0 Å². The molecule has 0 aromatic rings. The molecule has 0 saturated carbocycles. The minimum absolute atomic E-state index is 0.353. The van der Waals surface area contributed by atoms with Gasteiger partial charge in [0.15, 0.2) is 5.78 Å². The van der Waals surface area contributed by atoms with Gasteiger partial charge in [-0.2, -0.15) is 0 Å². The van der Waals surface area contributed by atoms with Gasteiger partial charge >= 0.3 is 0 Å². The minimum atomic E-state index is 0.353. The summed E-state index contributed by atoms with van der Waals surface area (Å²) in [6, 6.07) is 0. The molecule has 0 radical (unpaired) electrons. The first-order valence-corrected chi connectivity index (χ1v) is 7.87. The van der Waals surface area contributed by atoms with Gasteiger partial charge < -0.3 is 0 Å². The Balaban J connectivity index is 2.30. The lowest BCUT2D eigenvalue weighted by molar-refractivity contribution is -0.115. The maximum absolute atomic E-state index is 11.4. The van der Waals surface area contributed by atoms with Crippen LogP contribution in [0.5, 0.6) is 0 Å². The molecule has 0 spiro atoms. The van der Waals surface area contributed by atoms with Crippen molar-refractivity contribution in [3.8, 4) is 0 Å². The van der Waals surface area contributed by atoms with E-state index in [0.29, 0.717) is 5.78 Å². The summed E-state index contributed by atoms with van der Waals surface area (Å²) in [7, 11) is 0. The van der Waals surface area contributed by atoms with Gasteiger partial charge in [0.2, 0.25) is 0 Å². The van der Waals surface area contributed by atoms with Gasteiger partial charge in [0.05, 0.1) is 0 Å². The Bertz CT molecular complexity index is 277. The first-order valence-electron chi connectivity index (χ1n) is 7.87. The summed E-state index contributed by atoms with van der Waals surface area (Å²) in [4.78, 5) is 11.4. The molecule has 0 saturated heterocycles. The van der Waals surface area contributed by atoms with Crippen LogP contribution in [0.2, 0.25) is 0 Å². The Morgan fingerprint density at radius 3 is 2.56 bits per heavy atom. The number of hydrogen-bond acceptors (Lipinski definition) is 1. The minimum Gasteiger partial charge on any atom is -0.295 e. The van der Waals surface area contributed by atoms with Gasteiger partial charge in [0.25, 0.3) is 0 Å².